The van der Waals surface area contributed by atoms with E-state index in [0.29, 0.717) is 10.7 Å². The highest BCUT2D eigenvalue weighted by atomic mass is 79.9. The molecule has 2 rings (SSSR count). The number of amides is 6. The van der Waals surface area contributed by atoms with E-state index in [1.54, 1.807) is 52.0 Å². The number of nitrogens with one attached hydrogen (secondary N) is 4. The SMILES string of the molecule is CCC(CC)(CP(=O)(O)O)NC(=O)CC1(C(C)C)NC(=O)N(NC(=O)Nc2ccc(Br)cc2)C1=O. The van der Waals surface area contributed by atoms with Gasteiger partial charge in [0.2, 0.25) is 5.91 Å². The predicted molar refractivity (Wildman–Crippen MR) is 132 cm³/mol. The highest BCUT2D eigenvalue weighted by Crippen LogP contribution is 2.41. The van der Waals surface area contributed by atoms with Crippen LogP contribution in [0.2, 0.25) is 0 Å². The molecule has 1 aromatic carbocycles. The fourth-order valence-corrected chi connectivity index (χ4v) is 5.46. The Kier molecular flexibility index (Phi) is 9.10. The highest BCUT2D eigenvalue weighted by molar-refractivity contribution is 9.10. The topological polar surface area (TPSA) is 177 Å². The van der Waals surface area contributed by atoms with Crippen LogP contribution in [0.4, 0.5) is 15.3 Å². The van der Waals surface area contributed by atoms with Crippen molar-refractivity contribution in [2.75, 3.05) is 11.5 Å². The molecule has 1 unspecified atom stereocenters. The summed E-state index contributed by atoms with van der Waals surface area (Å²) < 4.78 is 12.4. The minimum atomic E-state index is -4.44. The molecule has 0 aromatic heterocycles. The maximum atomic E-state index is 13.3. The standard InChI is InChI=1S/C21H31BrN5O7P/c1-5-20(6-2,12-35(32,33)34)24-16(28)11-21(13(3)4)17(29)27(19(31)25-21)26-18(30)23-15-9-7-14(22)8-10-15/h7-10,13H,5-6,11-12H2,1-4H3,(H,24,28)(H,25,31)(H2,23,26,30)(H2,32,33,34). The van der Waals surface area contributed by atoms with Crippen LogP contribution in [0.1, 0.15) is 47.0 Å². The monoisotopic (exact) mass is 575 g/mol. The van der Waals surface area contributed by atoms with Crippen molar-refractivity contribution < 1.29 is 33.5 Å². The Morgan fingerprint density at radius 3 is 2.23 bits per heavy atom. The summed E-state index contributed by atoms with van der Waals surface area (Å²) >= 11 is 3.28. The second-order valence-electron chi connectivity index (χ2n) is 8.80. The molecule has 0 saturated carbocycles. The molecule has 6 amide bonds. The third kappa shape index (κ3) is 7.03. The Bertz CT molecular complexity index is 1030. The first-order valence-electron chi connectivity index (χ1n) is 11.0. The van der Waals surface area contributed by atoms with Crippen molar-refractivity contribution in [2.24, 2.45) is 5.92 Å². The van der Waals surface area contributed by atoms with E-state index in [-0.39, 0.29) is 12.8 Å². The van der Waals surface area contributed by atoms with E-state index >= 15 is 0 Å². The van der Waals surface area contributed by atoms with Gasteiger partial charge in [-0.05, 0) is 43.0 Å². The van der Waals surface area contributed by atoms with Gasteiger partial charge in [-0.25, -0.2) is 15.0 Å². The zero-order valence-corrected chi connectivity index (χ0v) is 22.4. The number of hydrogen-bond acceptors (Lipinski definition) is 5. The zero-order chi connectivity index (χ0) is 26.6. The lowest BCUT2D eigenvalue weighted by Crippen LogP contribution is -2.58. The summed E-state index contributed by atoms with van der Waals surface area (Å²) in [5, 5.41) is 8.21. The molecule has 194 valence electrons. The van der Waals surface area contributed by atoms with Crippen LogP contribution in [0.15, 0.2) is 28.7 Å². The molecule has 0 bridgehead atoms. The van der Waals surface area contributed by atoms with Crippen molar-refractivity contribution >= 4 is 53.1 Å². The van der Waals surface area contributed by atoms with E-state index in [2.05, 4.69) is 37.3 Å². The maximum absolute atomic E-state index is 13.3. The van der Waals surface area contributed by atoms with E-state index in [4.69, 9.17) is 0 Å². The van der Waals surface area contributed by atoms with Crippen LogP contribution in [-0.4, -0.2) is 55.9 Å². The van der Waals surface area contributed by atoms with Gasteiger partial charge in [-0.15, -0.1) is 0 Å². The second-order valence-corrected chi connectivity index (χ2v) is 11.4. The van der Waals surface area contributed by atoms with Crippen LogP contribution in [0.25, 0.3) is 0 Å². The van der Waals surface area contributed by atoms with Crippen LogP contribution < -0.4 is 21.4 Å². The molecule has 6 N–H and O–H groups in total. The lowest BCUT2D eigenvalue weighted by Gasteiger charge is -2.36. The van der Waals surface area contributed by atoms with Crippen LogP contribution in [-0.2, 0) is 14.2 Å². The van der Waals surface area contributed by atoms with Crippen molar-refractivity contribution in [1.29, 1.82) is 0 Å². The average Bonchev–Trinajstić information content (AvgIpc) is 2.98. The van der Waals surface area contributed by atoms with E-state index in [1.807, 2.05) is 0 Å². The van der Waals surface area contributed by atoms with Gasteiger partial charge < -0.3 is 25.7 Å². The van der Waals surface area contributed by atoms with Gasteiger partial charge in [-0.3, -0.25) is 14.2 Å². The molecule has 1 atom stereocenters. The van der Waals surface area contributed by atoms with Crippen LogP contribution in [0.5, 0.6) is 0 Å². The fraction of sp³-hybridized carbons (Fsp3) is 0.524. The molecule has 0 radical (unpaired) electrons. The predicted octanol–water partition coefficient (Wildman–Crippen LogP) is 2.68. The van der Waals surface area contributed by atoms with Crippen LogP contribution >= 0.6 is 23.5 Å². The van der Waals surface area contributed by atoms with Gasteiger partial charge in [-0.1, -0.05) is 43.6 Å². The van der Waals surface area contributed by atoms with Gasteiger partial charge in [0.25, 0.3) is 5.91 Å². The van der Waals surface area contributed by atoms with E-state index in [1.165, 1.54) is 0 Å². The smallest absolute Gasteiger partial charge is 0.344 e. The second kappa shape index (κ2) is 11.1. The first-order chi connectivity index (χ1) is 16.2. The minimum absolute atomic E-state index is 0.249. The normalized spacial score (nSPS) is 18.5. The molecule has 0 aliphatic carbocycles. The molecular weight excluding hydrogens is 545 g/mol. The van der Waals surface area contributed by atoms with Crippen LogP contribution in [0.3, 0.4) is 0 Å². The molecule has 35 heavy (non-hydrogen) atoms. The highest BCUT2D eigenvalue weighted by Gasteiger charge is 2.55. The number of carbonyl (C=O) groups is 4. The number of hydrazine groups is 1. The number of benzene rings is 1. The first kappa shape index (κ1) is 28.8. The fourth-order valence-electron chi connectivity index (χ4n) is 3.88. The number of imide groups is 1. The lowest BCUT2D eigenvalue weighted by molar-refractivity contribution is -0.138. The van der Waals surface area contributed by atoms with Crippen molar-refractivity contribution in [3.05, 3.63) is 28.7 Å². The Labute approximate surface area is 211 Å². The molecule has 1 aliphatic heterocycles. The van der Waals surface area contributed by atoms with Crippen molar-refractivity contribution in [3.63, 3.8) is 0 Å². The summed E-state index contributed by atoms with van der Waals surface area (Å²) in [6.07, 6.45) is -0.541. The van der Waals surface area contributed by atoms with Gasteiger partial charge in [0.15, 0.2) is 0 Å². The molecular formula is C21H31BrN5O7P. The lowest BCUT2D eigenvalue weighted by atomic mass is 9.82. The minimum Gasteiger partial charge on any atom is -0.350 e. The molecule has 12 nitrogen and oxygen atoms in total. The number of nitrogens with zero attached hydrogens (tertiary/aromatic N) is 1. The summed E-state index contributed by atoms with van der Waals surface area (Å²) in [6.45, 7) is 6.66. The Morgan fingerprint density at radius 2 is 1.74 bits per heavy atom. The largest absolute Gasteiger partial charge is 0.350 e. The van der Waals surface area contributed by atoms with Gasteiger partial charge >= 0.3 is 19.7 Å². The Morgan fingerprint density at radius 1 is 1.17 bits per heavy atom. The molecule has 14 heteroatoms. The molecule has 1 fully saturated rings. The number of hydrogen-bond donors (Lipinski definition) is 6. The summed E-state index contributed by atoms with van der Waals surface area (Å²) in [4.78, 5) is 70.2. The van der Waals surface area contributed by atoms with Gasteiger partial charge in [0.1, 0.15) is 5.54 Å². The third-order valence-electron chi connectivity index (χ3n) is 6.13. The first-order valence-corrected chi connectivity index (χ1v) is 13.6. The molecule has 1 aromatic rings. The van der Waals surface area contributed by atoms with E-state index < -0.39 is 61.1 Å². The Balaban J connectivity index is 2.18. The quantitative estimate of drug-likeness (QED) is 0.183. The number of urea groups is 2. The summed E-state index contributed by atoms with van der Waals surface area (Å²) in [5.41, 5.74) is -0.218. The maximum Gasteiger partial charge on any atom is 0.344 e. The number of carbonyl (C=O) groups excluding carboxylic acids is 4. The molecule has 1 aliphatic rings. The summed E-state index contributed by atoms with van der Waals surface area (Å²) in [6, 6.07) is 4.88. The van der Waals surface area contributed by atoms with Crippen molar-refractivity contribution in [2.45, 2.75) is 58.0 Å². The number of halogens is 1. The molecule has 1 heterocycles. The Hall–Kier alpha value is -2.47. The van der Waals surface area contributed by atoms with E-state index in [0.717, 1.165) is 4.47 Å². The van der Waals surface area contributed by atoms with E-state index in [9.17, 15) is 33.5 Å². The van der Waals surface area contributed by atoms with Gasteiger partial charge in [0, 0.05) is 10.2 Å². The van der Waals surface area contributed by atoms with Gasteiger partial charge in [-0.2, -0.15) is 5.01 Å². The zero-order valence-electron chi connectivity index (χ0n) is 19.9. The third-order valence-corrected chi connectivity index (χ3v) is 7.67. The van der Waals surface area contributed by atoms with Crippen LogP contribution in [0, 0.1) is 5.92 Å². The summed E-state index contributed by atoms with van der Waals surface area (Å²) in [7, 11) is -4.44. The number of anilines is 1. The van der Waals surface area contributed by atoms with Crippen molar-refractivity contribution in [3.8, 4) is 0 Å². The molecule has 1 saturated heterocycles. The van der Waals surface area contributed by atoms with Gasteiger partial charge in [0.05, 0.1) is 18.1 Å². The summed E-state index contributed by atoms with van der Waals surface area (Å²) in [5.74, 6) is -2.04. The van der Waals surface area contributed by atoms with Crippen molar-refractivity contribution in [1.82, 2.24) is 21.1 Å². The molecule has 0 spiro atoms. The number of rotatable bonds is 10. The average molecular weight is 576 g/mol.